The van der Waals surface area contributed by atoms with Crippen LogP contribution in [0.25, 0.3) is 0 Å². The van der Waals surface area contributed by atoms with Crippen molar-refractivity contribution in [1.29, 1.82) is 0 Å². The summed E-state index contributed by atoms with van der Waals surface area (Å²) >= 11 is 0. The van der Waals surface area contributed by atoms with Gasteiger partial charge in [0, 0.05) is 20.1 Å². The SMILES string of the molecule is COC(OC)C1CCN(CC(=O)O)CC1. The van der Waals surface area contributed by atoms with Crippen molar-refractivity contribution >= 4 is 5.97 Å². The smallest absolute Gasteiger partial charge is 0.317 e. The quantitative estimate of drug-likeness (QED) is 0.676. The minimum absolute atomic E-state index is 0.136. The molecule has 1 heterocycles. The van der Waals surface area contributed by atoms with Crippen molar-refractivity contribution in [3.63, 3.8) is 0 Å². The fourth-order valence-corrected chi connectivity index (χ4v) is 2.06. The van der Waals surface area contributed by atoms with Gasteiger partial charge in [-0.2, -0.15) is 0 Å². The summed E-state index contributed by atoms with van der Waals surface area (Å²) in [5.41, 5.74) is 0. The fourth-order valence-electron chi connectivity index (χ4n) is 2.06. The van der Waals surface area contributed by atoms with Gasteiger partial charge in [-0.15, -0.1) is 0 Å². The minimum atomic E-state index is -0.761. The van der Waals surface area contributed by atoms with Crippen LogP contribution < -0.4 is 0 Å². The zero-order valence-electron chi connectivity index (χ0n) is 9.31. The number of nitrogens with zero attached hydrogens (tertiary/aromatic N) is 1. The van der Waals surface area contributed by atoms with Gasteiger partial charge in [0.1, 0.15) is 0 Å². The van der Waals surface area contributed by atoms with E-state index in [2.05, 4.69) is 0 Å². The molecule has 5 nitrogen and oxygen atoms in total. The average Bonchev–Trinajstić information content (AvgIpc) is 2.21. The molecular formula is C10H19NO4. The molecule has 88 valence electrons. The Morgan fingerprint density at radius 3 is 2.33 bits per heavy atom. The number of piperidine rings is 1. The second kappa shape index (κ2) is 6.05. The highest BCUT2D eigenvalue weighted by atomic mass is 16.7. The monoisotopic (exact) mass is 217 g/mol. The zero-order chi connectivity index (χ0) is 11.3. The van der Waals surface area contributed by atoms with Crippen LogP contribution in [0, 0.1) is 5.92 Å². The Kier molecular flexibility index (Phi) is 5.01. The van der Waals surface area contributed by atoms with E-state index in [1.165, 1.54) is 0 Å². The molecular weight excluding hydrogens is 198 g/mol. The van der Waals surface area contributed by atoms with Crippen LogP contribution in [0.1, 0.15) is 12.8 Å². The summed E-state index contributed by atoms with van der Waals surface area (Å²) in [4.78, 5) is 12.4. The number of carboxylic acids is 1. The van der Waals surface area contributed by atoms with Crippen molar-refractivity contribution in [2.24, 2.45) is 5.92 Å². The lowest BCUT2D eigenvalue weighted by molar-refractivity contribution is -0.149. The average molecular weight is 217 g/mol. The Balaban J connectivity index is 2.31. The highest BCUT2D eigenvalue weighted by Gasteiger charge is 2.26. The molecule has 1 N–H and O–H groups in total. The molecule has 0 saturated carbocycles. The first-order chi connectivity index (χ1) is 7.17. The van der Waals surface area contributed by atoms with E-state index in [1.807, 2.05) is 4.90 Å². The summed E-state index contributed by atoms with van der Waals surface area (Å²) in [6.45, 7) is 1.75. The maximum absolute atomic E-state index is 10.5. The second-order valence-corrected chi connectivity index (χ2v) is 3.85. The molecule has 0 radical (unpaired) electrons. The number of carboxylic acid groups (broad SMARTS) is 1. The van der Waals surface area contributed by atoms with Gasteiger partial charge < -0.3 is 14.6 Å². The van der Waals surface area contributed by atoms with Crippen molar-refractivity contribution < 1.29 is 19.4 Å². The molecule has 0 unspecified atom stereocenters. The Hall–Kier alpha value is -0.650. The molecule has 0 aromatic heterocycles. The first kappa shape index (κ1) is 12.4. The number of aliphatic carboxylic acids is 1. The van der Waals surface area contributed by atoms with Crippen LogP contribution in [0.15, 0.2) is 0 Å². The van der Waals surface area contributed by atoms with Crippen molar-refractivity contribution in [1.82, 2.24) is 4.90 Å². The molecule has 15 heavy (non-hydrogen) atoms. The Morgan fingerprint density at radius 1 is 1.40 bits per heavy atom. The van der Waals surface area contributed by atoms with Crippen molar-refractivity contribution in [2.45, 2.75) is 19.1 Å². The van der Waals surface area contributed by atoms with E-state index in [0.29, 0.717) is 5.92 Å². The van der Waals surface area contributed by atoms with Gasteiger partial charge in [0.15, 0.2) is 6.29 Å². The number of ether oxygens (including phenoxy) is 2. The van der Waals surface area contributed by atoms with Gasteiger partial charge in [0.05, 0.1) is 6.54 Å². The fraction of sp³-hybridized carbons (Fsp3) is 0.900. The highest BCUT2D eigenvalue weighted by molar-refractivity contribution is 5.69. The lowest BCUT2D eigenvalue weighted by atomic mass is 9.96. The van der Waals surface area contributed by atoms with Gasteiger partial charge >= 0.3 is 5.97 Å². The Morgan fingerprint density at radius 2 is 1.93 bits per heavy atom. The summed E-state index contributed by atoms with van der Waals surface area (Å²) in [7, 11) is 3.27. The molecule has 1 aliphatic rings. The molecule has 0 aliphatic carbocycles. The molecule has 0 atom stereocenters. The maximum Gasteiger partial charge on any atom is 0.317 e. The van der Waals surface area contributed by atoms with E-state index in [1.54, 1.807) is 14.2 Å². The maximum atomic E-state index is 10.5. The molecule has 5 heteroatoms. The van der Waals surface area contributed by atoms with Crippen LogP contribution in [0.2, 0.25) is 0 Å². The summed E-state index contributed by atoms with van der Waals surface area (Å²) in [5, 5.41) is 8.64. The number of likely N-dealkylation sites (tertiary alicyclic amines) is 1. The molecule has 0 spiro atoms. The van der Waals surface area contributed by atoms with Gasteiger partial charge in [-0.25, -0.2) is 0 Å². The summed E-state index contributed by atoms with van der Waals surface area (Å²) in [6, 6.07) is 0. The van der Waals surface area contributed by atoms with Gasteiger partial charge in [0.2, 0.25) is 0 Å². The van der Waals surface area contributed by atoms with E-state index in [9.17, 15) is 4.79 Å². The number of hydrogen-bond donors (Lipinski definition) is 1. The first-order valence-corrected chi connectivity index (χ1v) is 5.17. The highest BCUT2D eigenvalue weighted by Crippen LogP contribution is 2.22. The molecule has 0 bridgehead atoms. The summed E-state index contributed by atoms with van der Waals surface area (Å²) < 4.78 is 10.4. The van der Waals surface area contributed by atoms with Crippen LogP contribution in [0.3, 0.4) is 0 Å². The number of methoxy groups -OCH3 is 2. The van der Waals surface area contributed by atoms with Crippen molar-refractivity contribution in [3.05, 3.63) is 0 Å². The van der Waals surface area contributed by atoms with Crippen LogP contribution in [-0.4, -0.2) is 56.1 Å². The topological polar surface area (TPSA) is 59.0 Å². The molecule has 1 fully saturated rings. The molecule has 0 aromatic rings. The molecule has 1 aliphatic heterocycles. The van der Waals surface area contributed by atoms with E-state index >= 15 is 0 Å². The second-order valence-electron chi connectivity index (χ2n) is 3.85. The molecule has 1 saturated heterocycles. The van der Waals surface area contributed by atoms with Crippen molar-refractivity contribution in [2.75, 3.05) is 33.9 Å². The van der Waals surface area contributed by atoms with Gasteiger partial charge in [-0.3, -0.25) is 9.69 Å². The molecule has 0 amide bonds. The van der Waals surface area contributed by atoms with Gasteiger partial charge in [0.25, 0.3) is 0 Å². The zero-order valence-corrected chi connectivity index (χ0v) is 9.31. The summed E-state index contributed by atoms with van der Waals surface area (Å²) in [5.74, 6) is -0.381. The first-order valence-electron chi connectivity index (χ1n) is 5.17. The lowest BCUT2D eigenvalue weighted by Gasteiger charge is -2.33. The summed E-state index contributed by atoms with van der Waals surface area (Å²) in [6.07, 6.45) is 1.70. The number of rotatable bonds is 5. The van der Waals surface area contributed by atoms with E-state index in [0.717, 1.165) is 25.9 Å². The lowest BCUT2D eigenvalue weighted by Crippen LogP contribution is -2.41. The molecule has 1 rings (SSSR count). The van der Waals surface area contributed by atoms with Crippen LogP contribution in [0.5, 0.6) is 0 Å². The number of hydrogen-bond acceptors (Lipinski definition) is 4. The third-order valence-electron chi connectivity index (χ3n) is 2.84. The van der Waals surface area contributed by atoms with Gasteiger partial charge in [-0.1, -0.05) is 0 Å². The Bertz CT molecular complexity index is 198. The third-order valence-corrected chi connectivity index (χ3v) is 2.84. The minimum Gasteiger partial charge on any atom is -0.480 e. The normalized spacial score (nSPS) is 19.7. The predicted molar refractivity (Wildman–Crippen MR) is 54.6 cm³/mol. The van der Waals surface area contributed by atoms with E-state index in [4.69, 9.17) is 14.6 Å². The van der Waals surface area contributed by atoms with Crippen molar-refractivity contribution in [3.8, 4) is 0 Å². The Labute approximate surface area is 90.0 Å². The van der Waals surface area contributed by atoms with Crippen LogP contribution >= 0.6 is 0 Å². The van der Waals surface area contributed by atoms with Crippen LogP contribution in [0.4, 0.5) is 0 Å². The number of carbonyl (C=O) groups is 1. The van der Waals surface area contributed by atoms with Crippen LogP contribution in [-0.2, 0) is 14.3 Å². The molecule has 0 aromatic carbocycles. The predicted octanol–water partition coefficient (Wildman–Crippen LogP) is 0.402. The van der Waals surface area contributed by atoms with E-state index < -0.39 is 5.97 Å². The largest absolute Gasteiger partial charge is 0.480 e. The van der Waals surface area contributed by atoms with E-state index in [-0.39, 0.29) is 12.8 Å². The standard InChI is InChI=1S/C10H19NO4/c1-14-10(15-2)8-3-5-11(6-4-8)7-9(12)13/h8,10H,3-7H2,1-2H3,(H,12,13). The van der Waals surface area contributed by atoms with Gasteiger partial charge in [-0.05, 0) is 25.9 Å². The third kappa shape index (κ3) is 3.77.